The highest BCUT2D eigenvalue weighted by Crippen LogP contribution is 2.20. The van der Waals surface area contributed by atoms with Crippen LogP contribution in [0.4, 0.5) is 4.39 Å². The van der Waals surface area contributed by atoms with Crippen LogP contribution in [0.1, 0.15) is 18.4 Å². The Morgan fingerprint density at radius 3 is 2.95 bits per heavy atom. The average molecular weight is 265 g/mol. The molecule has 4 nitrogen and oxygen atoms in total. The maximum absolute atomic E-state index is 13.1. The van der Waals surface area contributed by atoms with Gasteiger partial charge in [0.15, 0.2) is 0 Å². The van der Waals surface area contributed by atoms with Crippen molar-refractivity contribution in [3.05, 3.63) is 35.6 Å². The molecule has 0 unspecified atom stereocenters. The molecule has 0 aliphatic carbocycles. The molecule has 1 fully saturated rings. The van der Waals surface area contributed by atoms with E-state index in [1.54, 1.807) is 6.07 Å². The molecule has 1 heterocycles. The van der Waals surface area contributed by atoms with Crippen LogP contribution in [0, 0.1) is 5.82 Å². The van der Waals surface area contributed by atoms with Gasteiger partial charge in [-0.1, -0.05) is 12.1 Å². The summed E-state index contributed by atoms with van der Waals surface area (Å²) in [5.74, 6) is -0.550. The van der Waals surface area contributed by atoms with Crippen LogP contribution in [-0.2, 0) is 11.3 Å². The first-order chi connectivity index (χ1) is 9.02. The van der Waals surface area contributed by atoms with Crippen molar-refractivity contribution < 1.29 is 9.18 Å². The summed E-state index contributed by atoms with van der Waals surface area (Å²) < 4.78 is 13.1. The summed E-state index contributed by atoms with van der Waals surface area (Å²) >= 11 is 0. The van der Waals surface area contributed by atoms with Crippen LogP contribution in [0.15, 0.2) is 24.3 Å². The van der Waals surface area contributed by atoms with Gasteiger partial charge in [-0.3, -0.25) is 9.69 Å². The number of amides is 1. The third kappa shape index (κ3) is 3.30. The average Bonchev–Trinajstić information content (AvgIpc) is 2.78. The van der Waals surface area contributed by atoms with Gasteiger partial charge in [0, 0.05) is 13.1 Å². The van der Waals surface area contributed by atoms with E-state index in [1.807, 2.05) is 18.0 Å². The number of rotatable bonds is 5. The number of primary amides is 1. The molecule has 5 heteroatoms. The zero-order valence-electron chi connectivity index (χ0n) is 11.2. The molecule has 1 aliphatic rings. The molecule has 0 spiro atoms. The van der Waals surface area contributed by atoms with Crippen molar-refractivity contribution in [1.29, 1.82) is 0 Å². The van der Waals surface area contributed by atoms with Crippen LogP contribution in [-0.4, -0.2) is 36.5 Å². The molecular weight excluding hydrogens is 245 g/mol. The van der Waals surface area contributed by atoms with Crippen LogP contribution in [0.25, 0.3) is 0 Å². The lowest BCUT2D eigenvalue weighted by Crippen LogP contribution is -2.57. The van der Waals surface area contributed by atoms with E-state index >= 15 is 0 Å². The Morgan fingerprint density at radius 1 is 1.58 bits per heavy atom. The van der Waals surface area contributed by atoms with E-state index < -0.39 is 5.54 Å². The van der Waals surface area contributed by atoms with Crippen molar-refractivity contribution >= 4 is 5.91 Å². The quantitative estimate of drug-likeness (QED) is 0.830. The van der Waals surface area contributed by atoms with Crippen LogP contribution in [0.2, 0.25) is 0 Å². The molecule has 1 saturated heterocycles. The first-order valence-corrected chi connectivity index (χ1v) is 6.50. The Bertz CT molecular complexity index is 458. The highest BCUT2D eigenvalue weighted by Gasteiger charge is 2.40. The van der Waals surface area contributed by atoms with Gasteiger partial charge in [-0.05, 0) is 44.1 Å². The highest BCUT2D eigenvalue weighted by molar-refractivity contribution is 5.85. The zero-order chi connectivity index (χ0) is 13.9. The fraction of sp³-hybridized carbons (Fsp3) is 0.500. The number of hydrogen-bond donors (Lipinski definition) is 2. The number of nitrogens with zero attached hydrogens (tertiary/aromatic N) is 1. The molecule has 0 radical (unpaired) electrons. The van der Waals surface area contributed by atoms with E-state index in [2.05, 4.69) is 5.32 Å². The number of carbonyl (C=O) groups is 1. The van der Waals surface area contributed by atoms with Crippen LogP contribution in [0.5, 0.6) is 0 Å². The van der Waals surface area contributed by atoms with Crippen molar-refractivity contribution in [2.75, 3.05) is 20.1 Å². The van der Waals surface area contributed by atoms with E-state index in [-0.39, 0.29) is 11.7 Å². The predicted molar refractivity (Wildman–Crippen MR) is 71.9 cm³/mol. The van der Waals surface area contributed by atoms with Crippen molar-refractivity contribution in [3.63, 3.8) is 0 Å². The second-order valence-electron chi connectivity index (χ2n) is 5.28. The zero-order valence-corrected chi connectivity index (χ0v) is 11.2. The third-order valence-electron chi connectivity index (χ3n) is 3.60. The first kappa shape index (κ1) is 14.0. The summed E-state index contributed by atoms with van der Waals surface area (Å²) in [4.78, 5) is 13.6. The van der Waals surface area contributed by atoms with Gasteiger partial charge in [-0.2, -0.15) is 0 Å². The summed E-state index contributed by atoms with van der Waals surface area (Å²) in [6, 6.07) is 6.50. The molecule has 1 aliphatic heterocycles. The SMILES string of the molecule is CN(Cc1cccc(F)c1)C[C@@]1(C(N)=O)CCCN1. The molecule has 0 saturated carbocycles. The molecule has 3 N–H and O–H groups in total. The molecular formula is C14H20FN3O. The molecule has 1 amide bonds. The van der Waals surface area contributed by atoms with Crippen molar-refractivity contribution in [3.8, 4) is 0 Å². The summed E-state index contributed by atoms with van der Waals surface area (Å²) in [6.45, 7) is 1.95. The minimum atomic E-state index is -0.637. The number of nitrogens with one attached hydrogen (secondary N) is 1. The molecule has 104 valence electrons. The summed E-state index contributed by atoms with van der Waals surface area (Å²) in [6.07, 6.45) is 1.71. The van der Waals surface area contributed by atoms with Gasteiger partial charge in [-0.15, -0.1) is 0 Å². The number of nitrogens with two attached hydrogens (primary N) is 1. The van der Waals surface area contributed by atoms with E-state index in [9.17, 15) is 9.18 Å². The lowest BCUT2D eigenvalue weighted by molar-refractivity contribution is -0.124. The first-order valence-electron chi connectivity index (χ1n) is 6.50. The normalized spacial score (nSPS) is 22.9. The van der Waals surface area contributed by atoms with Gasteiger partial charge in [0.05, 0.1) is 0 Å². The largest absolute Gasteiger partial charge is 0.368 e. The number of benzene rings is 1. The standard InChI is InChI=1S/C14H20FN3O/c1-18(9-11-4-2-5-12(15)8-11)10-14(13(16)19)6-3-7-17-14/h2,4-5,8,17H,3,6-7,9-10H2,1H3,(H2,16,19)/t14-/m1/s1. The van der Waals surface area contributed by atoms with Crippen molar-refractivity contribution in [1.82, 2.24) is 10.2 Å². The minimum Gasteiger partial charge on any atom is -0.368 e. The van der Waals surface area contributed by atoms with E-state index in [0.717, 1.165) is 24.9 Å². The smallest absolute Gasteiger partial charge is 0.239 e. The Morgan fingerprint density at radius 2 is 2.37 bits per heavy atom. The Kier molecular flexibility index (Phi) is 4.17. The topological polar surface area (TPSA) is 58.4 Å². The Labute approximate surface area is 112 Å². The summed E-state index contributed by atoms with van der Waals surface area (Å²) in [5.41, 5.74) is 5.76. The molecule has 0 bridgehead atoms. The molecule has 1 atom stereocenters. The highest BCUT2D eigenvalue weighted by atomic mass is 19.1. The number of carbonyl (C=O) groups excluding carboxylic acids is 1. The summed E-state index contributed by atoms with van der Waals surface area (Å²) in [5, 5.41) is 3.21. The monoisotopic (exact) mass is 265 g/mol. The third-order valence-corrected chi connectivity index (χ3v) is 3.60. The predicted octanol–water partition coefficient (Wildman–Crippen LogP) is 0.865. The van der Waals surface area contributed by atoms with Gasteiger partial charge < -0.3 is 11.1 Å². The maximum atomic E-state index is 13.1. The van der Waals surface area contributed by atoms with Crippen molar-refractivity contribution in [2.45, 2.75) is 24.9 Å². The molecule has 19 heavy (non-hydrogen) atoms. The summed E-state index contributed by atoms with van der Waals surface area (Å²) in [7, 11) is 1.91. The van der Waals surface area contributed by atoms with E-state index in [4.69, 9.17) is 5.73 Å². The second-order valence-corrected chi connectivity index (χ2v) is 5.28. The van der Waals surface area contributed by atoms with Gasteiger partial charge in [0.25, 0.3) is 0 Å². The van der Waals surface area contributed by atoms with Gasteiger partial charge >= 0.3 is 0 Å². The minimum absolute atomic E-state index is 0.241. The van der Waals surface area contributed by atoms with E-state index in [1.165, 1.54) is 12.1 Å². The molecule has 0 aromatic heterocycles. The lowest BCUT2D eigenvalue weighted by atomic mass is 9.96. The van der Waals surface area contributed by atoms with Crippen LogP contribution < -0.4 is 11.1 Å². The molecule has 1 aromatic carbocycles. The van der Waals surface area contributed by atoms with Crippen LogP contribution >= 0.6 is 0 Å². The molecule has 2 rings (SSSR count). The van der Waals surface area contributed by atoms with E-state index in [0.29, 0.717) is 13.1 Å². The van der Waals surface area contributed by atoms with Gasteiger partial charge in [-0.25, -0.2) is 4.39 Å². The second kappa shape index (κ2) is 5.67. The fourth-order valence-corrected chi connectivity index (χ4v) is 2.69. The maximum Gasteiger partial charge on any atom is 0.239 e. The van der Waals surface area contributed by atoms with Gasteiger partial charge in [0.2, 0.25) is 5.91 Å². The van der Waals surface area contributed by atoms with Gasteiger partial charge in [0.1, 0.15) is 11.4 Å². The van der Waals surface area contributed by atoms with Crippen LogP contribution in [0.3, 0.4) is 0 Å². The number of likely N-dealkylation sites (N-methyl/N-ethyl adjacent to an activating group) is 1. The Hall–Kier alpha value is -1.46. The lowest BCUT2D eigenvalue weighted by Gasteiger charge is -2.31. The Balaban J connectivity index is 2.00. The molecule has 1 aromatic rings. The number of hydrogen-bond acceptors (Lipinski definition) is 3. The van der Waals surface area contributed by atoms with Crippen molar-refractivity contribution in [2.24, 2.45) is 5.73 Å². The number of halogens is 1. The fourth-order valence-electron chi connectivity index (χ4n) is 2.69.